The maximum atomic E-state index is 11.9. The molecule has 4 N–H and O–H groups in total. The van der Waals surface area contributed by atoms with E-state index in [1.165, 1.54) is 0 Å². The van der Waals surface area contributed by atoms with Crippen LogP contribution in [0.2, 0.25) is 0 Å². The summed E-state index contributed by atoms with van der Waals surface area (Å²) >= 11 is 1.92. The Balaban J connectivity index is 1.58. The summed E-state index contributed by atoms with van der Waals surface area (Å²) in [5, 5.41) is 18.6. The second-order valence-electron chi connectivity index (χ2n) is 9.03. The Hall–Kier alpha value is -1.97. The third kappa shape index (κ3) is 9.80. The average Bonchev–Trinajstić information content (AvgIpc) is 3.20. The first-order valence-electron chi connectivity index (χ1n) is 11.1. The fourth-order valence-corrected chi connectivity index (χ4v) is 5.17. The molecule has 0 saturated carbocycles. The van der Waals surface area contributed by atoms with E-state index in [1.54, 1.807) is 0 Å². The zero-order valence-corrected chi connectivity index (χ0v) is 19.6. The molecule has 0 radical (unpaired) electrons. The largest absolute Gasteiger partial charge is 0.481 e. The van der Waals surface area contributed by atoms with Crippen molar-refractivity contribution in [1.82, 2.24) is 16.0 Å². The molecule has 2 amide bonds. The number of aliphatic imine (C=N–C) groups is 1. The lowest BCUT2D eigenvalue weighted by molar-refractivity contribution is -0.137. The number of amides is 2. The van der Waals surface area contributed by atoms with Crippen molar-refractivity contribution in [1.29, 1.82) is 0 Å². The Morgan fingerprint density at radius 3 is 2.58 bits per heavy atom. The van der Waals surface area contributed by atoms with Crippen molar-refractivity contribution in [3.8, 4) is 0 Å². The van der Waals surface area contributed by atoms with Gasteiger partial charge in [0.15, 0.2) is 0 Å². The molecule has 2 saturated heterocycles. The number of aliphatic carboxylic acids is 1. The van der Waals surface area contributed by atoms with E-state index >= 15 is 0 Å². The summed E-state index contributed by atoms with van der Waals surface area (Å²) < 4.78 is 5.24. The Morgan fingerprint density at radius 2 is 1.87 bits per heavy atom. The van der Waals surface area contributed by atoms with Crippen LogP contribution < -0.4 is 16.0 Å². The quantitative estimate of drug-likeness (QED) is 0.349. The number of nitrogens with zero attached hydrogens (tertiary/aromatic N) is 1. The number of fused-ring (bicyclic) bond motifs is 1. The van der Waals surface area contributed by atoms with Crippen molar-refractivity contribution in [2.24, 2.45) is 4.99 Å². The molecule has 10 heteroatoms. The van der Waals surface area contributed by atoms with Gasteiger partial charge in [0.25, 0.3) is 0 Å². The van der Waals surface area contributed by atoms with E-state index in [1.807, 2.05) is 32.5 Å². The first kappa shape index (κ1) is 25.3. The average molecular weight is 457 g/mol. The van der Waals surface area contributed by atoms with E-state index in [0.717, 1.165) is 37.9 Å². The fourth-order valence-electron chi connectivity index (χ4n) is 3.62. The van der Waals surface area contributed by atoms with Crippen LogP contribution in [0.25, 0.3) is 0 Å². The van der Waals surface area contributed by atoms with Crippen LogP contribution in [-0.4, -0.2) is 64.3 Å². The SMILES string of the molecule is CC(C)(C)OC(=O)/N=C1/N[C@H]2[C@H](CS[C@H]2CCCCNC(=O)CCCCCC(=O)O)N1. The molecule has 2 rings (SSSR count). The van der Waals surface area contributed by atoms with Crippen LogP contribution in [-0.2, 0) is 14.3 Å². The minimum atomic E-state index is -0.786. The van der Waals surface area contributed by atoms with E-state index in [2.05, 4.69) is 20.9 Å². The summed E-state index contributed by atoms with van der Waals surface area (Å²) in [6, 6.07) is 0.503. The Kier molecular flexibility index (Phi) is 9.93. The van der Waals surface area contributed by atoms with Gasteiger partial charge in [-0.15, -0.1) is 4.99 Å². The monoisotopic (exact) mass is 456 g/mol. The van der Waals surface area contributed by atoms with E-state index in [9.17, 15) is 14.4 Å². The second-order valence-corrected chi connectivity index (χ2v) is 10.3. The van der Waals surface area contributed by atoms with Gasteiger partial charge in [-0.1, -0.05) is 12.8 Å². The number of guanidine groups is 1. The summed E-state index contributed by atoms with van der Waals surface area (Å²) in [4.78, 5) is 38.2. The fraction of sp³-hybridized carbons (Fsp3) is 0.810. The zero-order valence-electron chi connectivity index (χ0n) is 18.7. The molecule has 3 atom stereocenters. The van der Waals surface area contributed by atoms with Gasteiger partial charge in [0.05, 0.1) is 12.1 Å². The topological polar surface area (TPSA) is 129 Å². The number of ether oxygens (including phenoxy) is 1. The van der Waals surface area contributed by atoms with Gasteiger partial charge in [0.2, 0.25) is 11.9 Å². The zero-order chi connectivity index (χ0) is 22.9. The molecule has 2 heterocycles. The molecule has 2 aliphatic rings. The predicted molar refractivity (Wildman–Crippen MR) is 121 cm³/mol. The molecule has 0 spiro atoms. The summed E-state index contributed by atoms with van der Waals surface area (Å²) in [5.74, 6) is 0.709. The molecule has 0 aromatic rings. The van der Waals surface area contributed by atoms with Crippen LogP contribution in [0.15, 0.2) is 4.99 Å². The molecule has 0 bridgehead atoms. The number of rotatable bonds is 11. The minimum Gasteiger partial charge on any atom is -0.481 e. The van der Waals surface area contributed by atoms with Gasteiger partial charge in [-0.05, 0) is 46.5 Å². The molecule has 176 valence electrons. The number of carbonyl (C=O) groups excluding carboxylic acids is 2. The maximum absolute atomic E-state index is 11.9. The standard InChI is InChI=1S/C21H36N4O5S/c1-21(2,3)30-20(29)25-19-23-14-13-31-15(18(14)24-19)9-7-8-12-22-16(26)10-5-4-6-11-17(27)28/h14-15,18H,4-13H2,1-3H3,(H,22,26)(H,27,28)(H2,23,24,25,29)/t14-,15-,18-/m0/s1. The number of hydrogen-bond acceptors (Lipinski definition) is 5. The van der Waals surface area contributed by atoms with E-state index in [0.29, 0.717) is 30.6 Å². The summed E-state index contributed by atoms with van der Waals surface area (Å²) in [6.45, 7) is 6.10. The number of carboxylic acid groups (broad SMARTS) is 1. The van der Waals surface area contributed by atoms with Crippen LogP contribution in [0.5, 0.6) is 0 Å². The number of carboxylic acids is 1. The van der Waals surface area contributed by atoms with Gasteiger partial charge in [0, 0.05) is 30.4 Å². The van der Waals surface area contributed by atoms with Crippen LogP contribution in [0.1, 0.15) is 72.1 Å². The van der Waals surface area contributed by atoms with Crippen LogP contribution >= 0.6 is 11.8 Å². The highest BCUT2D eigenvalue weighted by atomic mass is 32.2. The molecular formula is C21H36N4O5S. The number of thioether (sulfide) groups is 1. The third-order valence-corrected chi connectivity index (χ3v) is 6.59. The first-order chi connectivity index (χ1) is 14.6. The van der Waals surface area contributed by atoms with Crippen LogP contribution in [0.3, 0.4) is 0 Å². The summed E-state index contributed by atoms with van der Waals surface area (Å²) in [5.41, 5.74) is -0.566. The molecule has 0 aromatic carbocycles. The van der Waals surface area contributed by atoms with Crippen molar-refractivity contribution in [2.75, 3.05) is 12.3 Å². The number of unbranched alkanes of at least 4 members (excludes halogenated alkanes) is 3. The van der Waals surface area contributed by atoms with Gasteiger partial charge < -0.3 is 25.8 Å². The highest BCUT2D eigenvalue weighted by Gasteiger charge is 2.42. The molecule has 2 aliphatic heterocycles. The molecule has 31 heavy (non-hydrogen) atoms. The van der Waals surface area contributed by atoms with Gasteiger partial charge in [-0.3, -0.25) is 9.59 Å². The van der Waals surface area contributed by atoms with Gasteiger partial charge in [0.1, 0.15) is 5.60 Å². The Labute approximate surface area is 188 Å². The van der Waals surface area contributed by atoms with Crippen molar-refractivity contribution >= 4 is 35.7 Å². The van der Waals surface area contributed by atoms with Crippen molar-refractivity contribution in [3.05, 3.63) is 0 Å². The second kappa shape index (κ2) is 12.2. The predicted octanol–water partition coefficient (Wildman–Crippen LogP) is 2.64. The van der Waals surface area contributed by atoms with E-state index in [4.69, 9.17) is 9.84 Å². The Bertz CT molecular complexity index is 665. The van der Waals surface area contributed by atoms with E-state index < -0.39 is 17.7 Å². The van der Waals surface area contributed by atoms with Crippen LogP contribution in [0.4, 0.5) is 4.79 Å². The third-order valence-electron chi connectivity index (χ3n) is 5.08. The lowest BCUT2D eigenvalue weighted by atomic mass is 10.0. The molecule has 0 aliphatic carbocycles. The molecule has 0 aromatic heterocycles. The Morgan fingerprint density at radius 1 is 1.13 bits per heavy atom. The van der Waals surface area contributed by atoms with Gasteiger partial charge in [-0.25, -0.2) is 4.79 Å². The number of nitrogens with one attached hydrogen (secondary N) is 3. The van der Waals surface area contributed by atoms with Crippen molar-refractivity contribution in [2.45, 2.75) is 95.1 Å². The minimum absolute atomic E-state index is 0.0373. The molecule has 9 nitrogen and oxygen atoms in total. The number of carbonyl (C=O) groups is 3. The maximum Gasteiger partial charge on any atom is 0.437 e. The first-order valence-corrected chi connectivity index (χ1v) is 12.1. The highest BCUT2D eigenvalue weighted by Crippen LogP contribution is 2.33. The lowest BCUT2D eigenvalue weighted by Crippen LogP contribution is -2.37. The molecular weight excluding hydrogens is 420 g/mol. The summed E-state index contributed by atoms with van der Waals surface area (Å²) in [6.07, 6.45) is 5.12. The lowest BCUT2D eigenvalue weighted by Gasteiger charge is -2.18. The van der Waals surface area contributed by atoms with Crippen LogP contribution in [0, 0.1) is 0 Å². The van der Waals surface area contributed by atoms with E-state index in [-0.39, 0.29) is 24.4 Å². The normalized spacial score (nSPS) is 23.7. The van der Waals surface area contributed by atoms with Crippen molar-refractivity contribution < 1.29 is 24.2 Å². The van der Waals surface area contributed by atoms with Gasteiger partial charge >= 0.3 is 12.1 Å². The molecule has 2 fully saturated rings. The number of hydrogen-bond donors (Lipinski definition) is 4. The smallest absolute Gasteiger partial charge is 0.437 e. The van der Waals surface area contributed by atoms with Gasteiger partial charge in [-0.2, -0.15) is 11.8 Å². The summed E-state index contributed by atoms with van der Waals surface area (Å²) in [7, 11) is 0. The van der Waals surface area contributed by atoms with Crippen molar-refractivity contribution in [3.63, 3.8) is 0 Å². The highest BCUT2D eigenvalue weighted by molar-refractivity contribution is 8.00. The molecule has 0 unspecified atom stereocenters.